The second-order valence-corrected chi connectivity index (χ2v) is 7.69. The van der Waals surface area contributed by atoms with Gasteiger partial charge in [-0.1, -0.05) is 6.08 Å². The molecule has 0 spiro atoms. The highest BCUT2D eigenvalue weighted by Crippen LogP contribution is 2.33. The van der Waals surface area contributed by atoms with Gasteiger partial charge in [0.25, 0.3) is 5.56 Å². The summed E-state index contributed by atoms with van der Waals surface area (Å²) in [6, 6.07) is 5.93. The number of hydrogen-bond donors (Lipinski definition) is 0. The van der Waals surface area contributed by atoms with Crippen molar-refractivity contribution >= 4 is 22.6 Å². The van der Waals surface area contributed by atoms with Crippen molar-refractivity contribution in [3.05, 3.63) is 80.4 Å². The maximum Gasteiger partial charge on any atom is 0.251 e. The van der Waals surface area contributed by atoms with Gasteiger partial charge in [0.1, 0.15) is 0 Å². The first-order chi connectivity index (χ1) is 13.8. The molecule has 0 amide bonds. The summed E-state index contributed by atoms with van der Waals surface area (Å²) < 4.78 is 7.14. The molecule has 0 unspecified atom stereocenters. The van der Waals surface area contributed by atoms with Crippen LogP contribution in [0.2, 0.25) is 0 Å². The van der Waals surface area contributed by atoms with Crippen molar-refractivity contribution in [3.63, 3.8) is 0 Å². The van der Waals surface area contributed by atoms with Crippen molar-refractivity contribution in [3.8, 4) is 0 Å². The van der Waals surface area contributed by atoms with E-state index in [9.17, 15) is 4.79 Å². The molecule has 6 nitrogen and oxygen atoms in total. The van der Waals surface area contributed by atoms with Gasteiger partial charge >= 0.3 is 0 Å². The standard InChI is InChI=1S/C21H20N4O2S/c26-21-9-15(3-4-25(21)12-16-13-28-14-23-16)18-1-2-20-19(18)10-17(11-22-20)24-5-7-27-8-6-24/h1,3-4,9-11,13-14H,2,5-8,12H2. The van der Waals surface area contributed by atoms with Crippen molar-refractivity contribution in [2.24, 2.45) is 0 Å². The van der Waals surface area contributed by atoms with Gasteiger partial charge in [-0.3, -0.25) is 9.78 Å². The lowest BCUT2D eigenvalue weighted by molar-refractivity contribution is 0.122. The molecule has 0 N–H and O–H groups in total. The van der Waals surface area contributed by atoms with Gasteiger partial charge in [-0.2, -0.15) is 0 Å². The topological polar surface area (TPSA) is 60.3 Å². The van der Waals surface area contributed by atoms with Crippen molar-refractivity contribution in [2.45, 2.75) is 13.0 Å². The van der Waals surface area contributed by atoms with Crippen LogP contribution in [0.25, 0.3) is 5.57 Å². The number of thiazole rings is 1. The predicted molar refractivity (Wildman–Crippen MR) is 110 cm³/mol. The van der Waals surface area contributed by atoms with Crippen LogP contribution in [0.5, 0.6) is 0 Å². The average molecular weight is 392 g/mol. The fraction of sp³-hybridized carbons (Fsp3) is 0.286. The molecule has 0 aromatic carbocycles. The molecule has 7 heteroatoms. The third kappa shape index (κ3) is 3.27. The number of rotatable bonds is 4. The van der Waals surface area contributed by atoms with Gasteiger partial charge in [-0.25, -0.2) is 4.98 Å². The number of anilines is 1. The van der Waals surface area contributed by atoms with Gasteiger partial charge in [0.05, 0.1) is 48.5 Å². The van der Waals surface area contributed by atoms with Crippen molar-refractivity contribution in [1.82, 2.24) is 14.5 Å². The third-order valence-corrected chi connectivity index (χ3v) is 5.88. The predicted octanol–water partition coefficient (Wildman–Crippen LogP) is 2.57. The first kappa shape index (κ1) is 17.3. The molecule has 5 rings (SSSR count). The Labute approximate surface area is 166 Å². The zero-order valence-electron chi connectivity index (χ0n) is 15.4. The highest BCUT2D eigenvalue weighted by atomic mass is 32.1. The maximum atomic E-state index is 12.6. The summed E-state index contributed by atoms with van der Waals surface area (Å²) in [5, 5.41) is 1.97. The van der Waals surface area contributed by atoms with Gasteiger partial charge in [0.15, 0.2) is 0 Å². The van der Waals surface area contributed by atoms with Crippen molar-refractivity contribution in [2.75, 3.05) is 31.2 Å². The summed E-state index contributed by atoms with van der Waals surface area (Å²) in [6.07, 6.45) is 6.78. The Bertz CT molecular complexity index is 1080. The summed E-state index contributed by atoms with van der Waals surface area (Å²) in [4.78, 5) is 23.9. The Kier molecular flexibility index (Phi) is 4.54. The Balaban J connectivity index is 1.44. The number of nitrogens with zero attached hydrogens (tertiary/aromatic N) is 4. The largest absolute Gasteiger partial charge is 0.378 e. The van der Waals surface area contributed by atoms with E-state index >= 15 is 0 Å². The molecule has 0 atom stereocenters. The quantitative estimate of drug-likeness (QED) is 0.683. The SMILES string of the molecule is O=c1cc(C2=CCc3ncc(N4CCOCC4)cc32)ccn1Cc1cscn1. The number of allylic oxidation sites excluding steroid dienone is 1. The molecule has 1 saturated heterocycles. The van der Waals surface area contributed by atoms with Crippen LogP contribution in [-0.2, 0) is 17.7 Å². The summed E-state index contributed by atoms with van der Waals surface area (Å²) in [5.74, 6) is 0. The van der Waals surface area contributed by atoms with Gasteiger partial charge < -0.3 is 14.2 Å². The molecular formula is C21H20N4O2S. The van der Waals surface area contributed by atoms with E-state index in [1.807, 2.05) is 23.8 Å². The molecule has 1 aliphatic heterocycles. The first-order valence-electron chi connectivity index (χ1n) is 9.38. The molecule has 3 aromatic heterocycles. The average Bonchev–Trinajstić information content (AvgIpc) is 3.39. The molecule has 0 saturated carbocycles. The Morgan fingerprint density at radius 1 is 1.18 bits per heavy atom. The Hall–Kier alpha value is -2.77. The van der Waals surface area contributed by atoms with Crippen LogP contribution in [0, 0.1) is 0 Å². The third-order valence-electron chi connectivity index (χ3n) is 5.24. The molecule has 142 valence electrons. The van der Waals surface area contributed by atoms with E-state index in [0.29, 0.717) is 6.54 Å². The molecule has 1 aliphatic carbocycles. The van der Waals surface area contributed by atoms with Crippen molar-refractivity contribution in [1.29, 1.82) is 0 Å². The number of morpholine rings is 1. The minimum atomic E-state index is -0.0165. The van der Waals surface area contributed by atoms with Gasteiger partial charge in [0, 0.05) is 42.7 Å². The lowest BCUT2D eigenvalue weighted by Crippen LogP contribution is -2.36. The number of aromatic nitrogens is 3. The summed E-state index contributed by atoms with van der Waals surface area (Å²) in [6.45, 7) is 3.76. The normalized spacial score (nSPS) is 16.1. The van der Waals surface area contributed by atoms with Gasteiger partial charge in [-0.05, 0) is 23.3 Å². The summed E-state index contributed by atoms with van der Waals surface area (Å²) in [5.41, 5.74) is 8.02. The lowest BCUT2D eigenvalue weighted by Gasteiger charge is -2.29. The van der Waals surface area contributed by atoms with Crippen LogP contribution >= 0.6 is 11.3 Å². The van der Waals surface area contributed by atoms with Crippen LogP contribution < -0.4 is 10.5 Å². The summed E-state index contributed by atoms with van der Waals surface area (Å²) >= 11 is 1.54. The molecule has 0 bridgehead atoms. The summed E-state index contributed by atoms with van der Waals surface area (Å²) in [7, 11) is 0. The van der Waals surface area contributed by atoms with Crippen LogP contribution in [0.15, 0.2) is 52.4 Å². The van der Waals surface area contributed by atoms with Crippen LogP contribution in [-0.4, -0.2) is 40.8 Å². The van der Waals surface area contributed by atoms with Gasteiger partial charge in [-0.15, -0.1) is 11.3 Å². The fourth-order valence-corrected chi connectivity index (χ4v) is 4.30. The van der Waals surface area contributed by atoms with Crippen LogP contribution in [0.3, 0.4) is 0 Å². The molecule has 28 heavy (non-hydrogen) atoms. The molecule has 4 heterocycles. The molecule has 1 fully saturated rings. The number of ether oxygens (including phenoxy) is 1. The van der Waals surface area contributed by atoms with Gasteiger partial charge in [0.2, 0.25) is 0 Å². The smallest absolute Gasteiger partial charge is 0.251 e. The minimum absolute atomic E-state index is 0.0165. The highest BCUT2D eigenvalue weighted by Gasteiger charge is 2.20. The zero-order chi connectivity index (χ0) is 18.9. The maximum absolute atomic E-state index is 12.6. The van der Waals surface area contributed by atoms with E-state index < -0.39 is 0 Å². The van der Waals surface area contributed by atoms with Crippen molar-refractivity contribution < 1.29 is 4.74 Å². The Morgan fingerprint density at radius 3 is 2.86 bits per heavy atom. The highest BCUT2D eigenvalue weighted by molar-refractivity contribution is 7.07. The zero-order valence-corrected chi connectivity index (χ0v) is 16.2. The van der Waals surface area contributed by atoms with E-state index in [4.69, 9.17) is 4.74 Å². The Morgan fingerprint density at radius 2 is 2.07 bits per heavy atom. The second kappa shape index (κ2) is 7.33. The fourth-order valence-electron chi connectivity index (χ4n) is 3.75. The first-order valence-corrected chi connectivity index (χ1v) is 10.3. The second-order valence-electron chi connectivity index (χ2n) is 6.97. The minimum Gasteiger partial charge on any atom is -0.378 e. The molecule has 3 aromatic rings. The molecule has 0 radical (unpaired) electrons. The number of fused-ring (bicyclic) bond motifs is 1. The van der Waals surface area contributed by atoms with E-state index in [1.165, 1.54) is 11.3 Å². The monoisotopic (exact) mass is 392 g/mol. The van der Waals surface area contributed by atoms with E-state index in [0.717, 1.165) is 66.5 Å². The molecule has 2 aliphatic rings. The number of pyridine rings is 2. The molecular weight excluding hydrogens is 372 g/mol. The van der Waals surface area contributed by atoms with E-state index in [1.54, 1.807) is 16.1 Å². The van der Waals surface area contributed by atoms with E-state index in [2.05, 4.69) is 27.0 Å². The van der Waals surface area contributed by atoms with Crippen LogP contribution in [0.1, 0.15) is 22.5 Å². The van der Waals surface area contributed by atoms with E-state index in [-0.39, 0.29) is 5.56 Å². The number of hydrogen-bond acceptors (Lipinski definition) is 6. The lowest BCUT2D eigenvalue weighted by atomic mass is 10.0. The van der Waals surface area contributed by atoms with Crippen LogP contribution in [0.4, 0.5) is 5.69 Å².